The molecule has 1 fully saturated rings. The summed E-state index contributed by atoms with van der Waals surface area (Å²) in [6.45, 7) is 11.5. The van der Waals surface area contributed by atoms with Crippen LogP contribution in [0.3, 0.4) is 0 Å². The summed E-state index contributed by atoms with van der Waals surface area (Å²) in [6.07, 6.45) is 0. The molecule has 2 aromatic carbocycles. The van der Waals surface area contributed by atoms with Crippen LogP contribution in [-0.2, 0) is 31.5 Å². The summed E-state index contributed by atoms with van der Waals surface area (Å²) in [6, 6.07) is 6.65. The van der Waals surface area contributed by atoms with Crippen molar-refractivity contribution in [1.29, 1.82) is 0 Å². The van der Waals surface area contributed by atoms with E-state index in [4.69, 9.17) is 32.7 Å². The van der Waals surface area contributed by atoms with E-state index in [2.05, 4.69) is 32.9 Å². The Balaban J connectivity index is 1.86. The van der Waals surface area contributed by atoms with Crippen molar-refractivity contribution < 1.29 is 22.7 Å². The van der Waals surface area contributed by atoms with Crippen LogP contribution in [0.5, 0.6) is 0 Å². The van der Waals surface area contributed by atoms with E-state index in [9.17, 15) is 13.2 Å². The molecule has 0 spiro atoms. The zero-order valence-electron chi connectivity index (χ0n) is 19.5. The molecule has 3 rings (SSSR count). The van der Waals surface area contributed by atoms with Gasteiger partial charge in [0.15, 0.2) is 0 Å². The monoisotopic (exact) mass is 513 g/mol. The van der Waals surface area contributed by atoms with Crippen LogP contribution in [0.2, 0.25) is 10.0 Å². The maximum absolute atomic E-state index is 13.1. The highest BCUT2D eigenvalue weighted by atomic mass is 35.5. The van der Waals surface area contributed by atoms with Gasteiger partial charge in [0, 0.05) is 13.1 Å². The lowest BCUT2D eigenvalue weighted by Crippen LogP contribution is -2.40. The fraction of sp³-hybridized carbons (Fsp3) is 0.458. The van der Waals surface area contributed by atoms with E-state index < -0.39 is 16.0 Å². The van der Waals surface area contributed by atoms with E-state index >= 15 is 0 Å². The Morgan fingerprint density at radius 2 is 1.61 bits per heavy atom. The van der Waals surface area contributed by atoms with E-state index in [1.807, 2.05) is 13.8 Å². The third-order valence-electron chi connectivity index (χ3n) is 5.74. The third kappa shape index (κ3) is 5.72. The van der Waals surface area contributed by atoms with Crippen molar-refractivity contribution in [1.82, 2.24) is 4.31 Å². The highest BCUT2D eigenvalue weighted by Gasteiger charge is 2.30. The number of carbonyl (C=O) groups is 1. The predicted molar refractivity (Wildman–Crippen MR) is 130 cm³/mol. The molecular weight excluding hydrogens is 485 g/mol. The Bertz CT molecular complexity index is 1140. The Morgan fingerprint density at radius 1 is 1.03 bits per heavy atom. The molecule has 0 N–H and O–H groups in total. The smallest absolute Gasteiger partial charge is 0.340 e. The van der Waals surface area contributed by atoms with Gasteiger partial charge >= 0.3 is 5.97 Å². The number of morpholine rings is 1. The van der Waals surface area contributed by atoms with Crippen molar-refractivity contribution in [2.45, 2.75) is 51.5 Å². The minimum atomic E-state index is -3.91. The minimum absolute atomic E-state index is 0.00390. The molecule has 6 nitrogen and oxygen atoms in total. The summed E-state index contributed by atoms with van der Waals surface area (Å²) < 4.78 is 38.2. The molecule has 0 aliphatic carbocycles. The molecular formula is C24H29Cl2NO5S. The van der Waals surface area contributed by atoms with Crippen LogP contribution in [0.25, 0.3) is 0 Å². The first-order valence-electron chi connectivity index (χ1n) is 10.7. The summed E-state index contributed by atoms with van der Waals surface area (Å²) in [7, 11) is -3.91. The summed E-state index contributed by atoms with van der Waals surface area (Å²) in [5.41, 5.74) is 4.10. The zero-order chi connectivity index (χ0) is 24.6. The number of carbonyl (C=O) groups excluding carboxylic acids is 1. The third-order valence-corrected chi connectivity index (χ3v) is 8.42. The standard InChI is InChI=1S/C24H29Cl2NO5S/c1-15-10-17(24(3,4)5)11-16(2)19(15)14-32-23(28)18-12-22(21(26)13-20(18)25)33(29,30)27-6-8-31-9-7-27/h10-13H,6-9,14H2,1-5H3. The number of ether oxygens (including phenoxy) is 2. The van der Waals surface area contributed by atoms with Crippen LogP contribution in [0, 0.1) is 13.8 Å². The van der Waals surface area contributed by atoms with E-state index in [1.165, 1.54) is 22.0 Å². The summed E-state index contributed by atoms with van der Waals surface area (Å²) in [5.74, 6) is -0.714. The average molecular weight is 514 g/mol. The number of esters is 1. The van der Waals surface area contributed by atoms with Gasteiger partial charge in [-0.1, -0.05) is 56.1 Å². The lowest BCUT2D eigenvalue weighted by Gasteiger charge is -2.26. The van der Waals surface area contributed by atoms with Gasteiger partial charge < -0.3 is 9.47 Å². The van der Waals surface area contributed by atoms with Crippen LogP contribution >= 0.6 is 23.2 Å². The Kier molecular flexibility index (Phi) is 7.81. The molecule has 0 unspecified atom stereocenters. The second-order valence-corrected chi connectivity index (χ2v) is 11.9. The van der Waals surface area contributed by atoms with Crippen molar-refractivity contribution in [2.24, 2.45) is 0 Å². The molecule has 0 aromatic heterocycles. The highest BCUT2D eigenvalue weighted by molar-refractivity contribution is 7.89. The molecule has 2 aromatic rings. The Morgan fingerprint density at radius 3 is 2.15 bits per heavy atom. The molecule has 180 valence electrons. The van der Waals surface area contributed by atoms with Crippen LogP contribution < -0.4 is 0 Å². The zero-order valence-corrected chi connectivity index (χ0v) is 21.8. The second-order valence-electron chi connectivity index (χ2n) is 9.19. The minimum Gasteiger partial charge on any atom is -0.457 e. The van der Waals surface area contributed by atoms with Crippen LogP contribution in [-0.4, -0.2) is 45.0 Å². The van der Waals surface area contributed by atoms with Gasteiger partial charge in [-0.05, 0) is 53.6 Å². The maximum atomic E-state index is 13.1. The number of nitrogens with zero attached hydrogens (tertiary/aromatic N) is 1. The number of rotatable bonds is 5. The van der Waals surface area contributed by atoms with E-state index in [0.717, 1.165) is 16.7 Å². The number of hydrogen-bond donors (Lipinski definition) is 0. The van der Waals surface area contributed by atoms with Crippen molar-refractivity contribution in [3.05, 3.63) is 62.1 Å². The van der Waals surface area contributed by atoms with Gasteiger partial charge in [-0.2, -0.15) is 4.31 Å². The molecule has 0 radical (unpaired) electrons. The molecule has 1 aliphatic rings. The number of benzene rings is 2. The largest absolute Gasteiger partial charge is 0.457 e. The fourth-order valence-corrected chi connectivity index (χ4v) is 5.91. The van der Waals surface area contributed by atoms with Crippen molar-refractivity contribution in [3.8, 4) is 0 Å². The SMILES string of the molecule is Cc1cc(C(C)(C)C)cc(C)c1COC(=O)c1cc(S(=O)(=O)N2CCOCC2)c(Cl)cc1Cl. The molecule has 33 heavy (non-hydrogen) atoms. The van der Waals surface area contributed by atoms with Gasteiger partial charge in [-0.3, -0.25) is 0 Å². The van der Waals surface area contributed by atoms with Crippen LogP contribution in [0.4, 0.5) is 0 Å². The predicted octanol–water partition coefficient (Wildman–Crippen LogP) is 5.29. The number of halogens is 2. The maximum Gasteiger partial charge on any atom is 0.340 e. The molecule has 0 atom stereocenters. The van der Waals surface area contributed by atoms with Gasteiger partial charge in [0.2, 0.25) is 10.0 Å². The van der Waals surface area contributed by atoms with Crippen LogP contribution in [0.15, 0.2) is 29.2 Å². The van der Waals surface area contributed by atoms with Gasteiger partial charge in [-0.15, -0.1) is 0 Å². The van der Waals surface area contributed by atoms with Crippen molar-refractivity contribution in [3.63, 3.8) is 0 Å². The fourth-order valence-electron chi connectivity index (χ4n) is 3.68. The topological polar surface area (TPSA) is 72.9 Å². The quantitative estimate of drug-likeness (QED) is 0.508. The Hall–Kier alpha value is -1.64. The molecule has 0 saturated carbocycles. The van der Waals surface area contributed by atoms with E-state index in [-0.39, 0.29) is 45.6 Å². The molecule has 1 heterocycles. The molecule has 1 saturated heterocycles. The van der Waals surface area contributed by atoms with Crippen molar-refractivity contribution in [2.75, 3.05) is 26.3 Å². The second kappa shape index (κ2) is 9.92. The number of hydrogen-bond acceptors (Lipinski definition) is 5. The van der Waals surface area contributed by atoms with E-state index in [0.29, 0.717) is 13.2 Å². The number of aryl methyl sites for hydroxylation is 2. The lowest BCUT2D eigenvalue weighted by molar-refractivity contribution is 0.0471. The van der Waals surface area contributed by atoms with Gasteiger partial charge in [-0.25, -0.2) is 13.2 Å². The first kappa shape index (κ1) is 26.0. The first-order valence-corrected chi connectivity index (χ1v) is 12.9. The van der Waals surface area contributed by atoms with Gasteiger partial charge in [0.25, 0.3) is 0 Å². The lowest BCUT2D eigenvalue weighted by atomic mass is 9.84. The highest BCUT2D eigenvalue weighted by Crippen LogP contribution is 2.32. The molecule has 0 amide bonds. The summed E-state index contributed by atoms with van der Waals surface area (Å²) >= 11 is 12.4. The van der Waals surface area contributed by atoms with Gasteiger partial charge in [0.1, 0.15) is 11.5 Å². The normalized spacial score (nSPS) is 15.5. The van der Waals surface area contributed by atoms with Crippen LogP contribution in [0.1, 0.15) is 53.4 Å². The average Bonchev–Trinajstić information content (AvgIpc) is 2.72. The van der Waals surface area contributed by atoms with Gasteiger partial charge in [0.05, 0.1) is 28.8 Å². The molecule has 9 heteroatoms. The first-order chi connectivity index (χ1) is 15.3. The summed E-state index contributed by atoms with van der Waals surface area (Å²) in [5, 5.41) is -0.0186. The van der Waals surface area contributed by atoms with E-state index in [1.54, 1.807) is 0 Å². The molecule has 1 aliphatic heterocycles. The van der Waals surface area contributed by atoms with Crippen molar-refractivity contribution >= 4 is 39.2 Å². The summed E-state index contributed by atoms with van der Waals surface area (Å²) in [4.78, 5) is 12.7. The molecule has 0 bridgehead atoms. The number of sulfonamides is 1. The Labute approximate surface area is 205 Å².